The van der Waals surface area contributed by atoms with Crippen molar-refractivity contribution in [2.75, 3.05) is 5.32 Å². The first-order valence-electron chi connectivity index (χ1n) is 5.51. The Labute approximate surface area is 105 Å². The van der Waals surface area contributed by atoms with Crippen LogP contribution in [-0.2, 0) is 6.54 Å². The third-order valence-electron chi connectivity index (χ3n) is 2.41. The molecule has 0 radical (unpaired) electrons. The van der Waals surface area contributed by atoms with Gasteiger partial charge in [0.25, 0.3) is 0 Å². The van der Waals surface area contributed by atoms with Crippen LogP contribution in [0.1, 0.15) is 21.6 Å². The summed E-state index contributed by atoms with van der Waals surface area (Å²) in [5, 5.41) is 11.8. The van der Waals surface area contributed by atoms with Gasteiger partial charge in [0, 0.05) is 12.7 Å². The predicted molar refractivity (Wildman–Crippen MR) is 67.5 cm³/mol. The number of anilines is 1. The van der Waals surface area contributed by atoms with Gasteiger partial charge in [-0.05, 0) is 18.6 Å². The molecule has 0 aliphatic rings. The Hall–Kier alpha value is -2.43. The van der Waals surface area contributed by atoms with Crippen LogP contribution in [0.3, 0.4) is 0 Å². The first kappa shape index (κ1) is 12.0. The molecule has 1 aromatic heterocycles. The molecule has 18 heavy (non-hydrogen) atoms. The molecule has 0 fully saturated rings. The van der Waals surface area contributed by atoms with E-state index >= 15 is 0 Å². The summed E-state index contributed by atoms with van der Waals surface area (Å²) in [4.78, 5) is 18.6. The van der Waals surface area contributed by atoms with Crippen molar-refractivity contribution in [1.29, 1.82) is 0 Å². The molecule has 0 aliphatic heterocycles. The number of nitrogens with zero attached hydrogens (tertiary/aromatic N) is 2. The average molecular weight is 243 g/mol. The van der Waals surface area contributed by atoms with E-state index in [-0.39, 0.29) is 5.69 Å². The molecule has 1 heterocycles. The summed E-state index contributed by atoms with van der Waals surface area (Å²) in [6.45, 7) is 2.58. The lowest BCUT2D eigenvalue weighted by molar-refractivity contribution is 0.0690. The summed E-state index contributed by atoms with van der Waals surface area (Å²) in [5.41, 5.74) is 2.26. The van der Waals surface area contributed by atoms with E-state index in [4.69, 9.17) is 5.11 Å². The van der Waals surface area contributed by atoms with E-state index in [1.54, 1.807) is 0 Å². The summed E-state index contributed by atoms with van der Waals surface area (Å²) in [7, 11) is 0. The van der Waals surface area contributed by atoms with Crippen molar-refractivity contribution in [3.8, 4) is 0 Å². The minimum atomic E-state index is -1.06. The molecule has 0 aliphatic carbocycles. The van der Waals surface area contributed by atoms with Crippen LogP contribution in [0.2, 0.25) is 0 Å². The summed E-state index contributed by atoms with van der Waals surface area (Å²) in [6.07, 6.45) is 1.43. The van der Waals surface area contributed by atoms with E-state index in [2.05, 4.69) is 15.3 Å². The van der Waals surface area contributed by atoms with Crippen molar-refractivity contribution >= 4 is 11.9 Å². The molecular formula is C13H13N3O2. The molecule has 0 saturated carbocycles. The van der Waals surface area contributed by atoms with Crippen LogP contribution in [0.4, 0.5) is 5.95 Å². The minimum absolute atomic E-state index is 0.0169. The van der Waals surface area contributed by atoms with Crippen LogP contribution in [-0.4, -0.2) is 21.0 Å². The summed E-state index contributed by atoms with van der Waals surface area (Å²) >= 11 is 0. The van der Waals surface area contributed by atoms with Crippen molar-refractivity contribution < 1.29 is 9.90 Å². The molecule has 0 unspecified atom stereocenters. The lowest BCUT2D eigenvalue weighted by Crippen LogP contribution is -2.07. The van der Waals surface area contributed by atoms with Gasteiger partial charge in [-0.3, -0.25) is 0 Å². The van der Waals surface area contributed by atoms with Crippen LogP contribution in [0, 0.1) is 6.92 Å². The second kappa shape index (κ2) is 5.27. The summed E-state index contributed by atoms with van der Waals surface area (Å²) in [6, 6.07) is 9.39. The number of aromatic nitrogens is 2. The number of aryl methyl sites for hydroxylation is 1. The van der Waals surface area contributed by atoms with Gasteiger partial charge in [0.15, 0.2) is 5.69 Å². The zero-order valence-electron chi connectivity index (χ0n) is 9.92. The predicted octanol–water partition coefficient (Wildman–Crippen LogP) is 2.10. The number of nitrogens with one attached hydrogen (secondary N) is 1. The van der Waals surface area contributed by atoms with Crippen molar-refractivity contribution in [3.63, 3.8) is 0 Å². The van der Waals surface area contributed by atoms with Crippen LogP contribution in [0.15, 0.2) is 36.5 Å². The summed E-state index contributed by atoms with van der Waals surface area (Å²) in [5.74, 6) is -0.743. The van der Waals surface area contributed by atoms with Gasteiger partial charge in [0.05, 0.1) is 0 Å². The quantitative estimate of drug-likeness (QED) is 0.860. The Morgan fingerprint density at radius 1 is 1.39 bits per heavy atom. The fourth-order valence-electron chi connectivity index (χ4n) is 1.57. The molecule has 0 atom stereocenters. The minimum Gasteiger partial charge on any atom is -0.477 e. The zero-order valence-corrected chi connectivity index (χ0v) is 9.92. The fraction of sp³-hybridized carbons (Fsp3) is 0.154. The van der Waals surface area contributed by atoms with Crippen molar-refractivity contribution in [2.45, 2.75) is 13.5 Å². The maximum Gasteiger partial charge on any atom is 0.354 e. The zero-order chi connectivity index (χ0) is 13.0. The lowest BCUT2D eigenvalue weighted by Gasteiger charge is -2.05. The molecule has 2 N–H and O–H groups in total. The highest BCUT2D eigenvalue weighted by Crippen LogP contribution is 2.07. The van der Waals surface area contributed by atoms with E-state index in [0.717, 1.165) is 5.56 Å². The van der Waals surface area contributed by atoms with Crippen molar-refractivity contribution in [2.24, 2.45) is 0 Å². The monoisotopic (exact) mass is 243 g/mol. The van der Waals surface area contributed by atoms with Crippen LogP contribution in [0.25, 0.3) is 0 Å². The standard InChI is InChI=1S/C13H13N3O2/c1-9-3-2-4-10(7-9)8-15-13-14-6-5-11(16-13)12(17)18/h2-7H,8H2,1H3,(H,17,18)(H,14,15,16). The highest BCUT2D eigenvalue weighted by molar-refractivity contribution is 5.85. The second-order valence-electron chi connectivity index (χ2n) is 3.91. The maximum absolute atomic E-state index is 10.8. The first-order valence-corrected chi connectivity index (χ1v) is 5.51. The first-order chi connectivity index (χ1) is 8.65. The lowest BCUT2D eigenvalue weighted by atomic mass is 10.1. The molecule has 1 aromatic carbocycles. The smallest absolute Gasteiger partial charge is 0.354 e. The Morgan fingerprint density at radius 2 is 2.22 bits per heavy atom. The average Bonchev–Trinajstić information content (AvgIpc) is 2.37. The fourth-order valence-corrected chi connectivity index (χ4v) is 1.57. The number of carbonyl (C=O) groups is 1. The van der Waals surface area contributed by atoms with Gasteiger partial charge in [-0.25, -0.2) is 14.8 Å². The number of rotatable bonds is 4. The SMILES string of the molecule is Cc1cccc(CNc2nccc(C(=O)O)n2)c1. The highest BCUT2D eigenvalue weighted by atomic mass is 16.4. The number of benzene rings is 1. The molecule has 2 rings (SSSR count). The van der Waals surface area contributed by atoms with Gasteiger partial charge in [-0.1, -0.05) is 29.8 Å². The van der Waals surface area contributed by atoms with Crippen LogP contribution >= 0.6 is 0 Å². The molecule has 0 amide bonds. The molecule has 0 spiro atoms. The van der Waals surface area contributed by atoms with Crippen molar-refractivity contribution in [1.82, 2.24) is 9.97 Å². The molecule has 0 saturated heterocycles. The Kier molecular flexibility index (Phi) is 3.52. The Morgan fingerprint density at radius 3 is 2.94 bits per heavy atom. The molecule has 2 aromatic rings. The van der Waals surface area contributed by atoms with Gasteiger partial charge >= 0.3 is 5.97 Å². The number of hydrogen-bond donors (Lipinski definition) is 2. The highest BCUT2D eigenvalue weighted by Gasteiger charge is 2.05. The van der Waals surface area contributed by atoms with E-state index in [0.29, 0.717) is 12.5 Å². The Bertz CT molecular complexity index is 570. The van der Waals surface area contributed by atoms with Gasteiger partial charge in [0.1, 0.15) is 0 Å². The number of carboxylic acid groups (broad SMARTS) is 1. The molecule has 5 nitrogen and oxygen atoms in total. The van der Waals surface area contributed by atoms with E-state index < -0.39 is 5.97 Å². The largest absolute Gasteiger partial charge is 0.477 e. The number of carboxylic acids is 1. The van der Waals surface area contributed by atoms with Crippen LogP contribution < -0.4 is 5.32 Å². The third kappa shape index (κ3) is 3.04. The van der Waals surface area contributed by atoms with Gasteiger partial charge in [0.2, 0.25) is 5.95 Å². The third-order valence-corrected chi connectivity index (χ3v) is 2.41. The van der Waals surface area contributed by atoms with Crippen molar-refractivity contribution in [3.05, 3.63) is 53.3 Å². The van der Waals surface area contributed by atoms with Crippen LogP contribution in [0.5, 0.6) is 0 Å². The molecular weight excluding hydrogens is 230 g/mol. The van der Waals surface area contributed by atoms with Gasteiger partial charge < -0.3 is 10.4 Å². The van der Waals surface area contributed by atoms with Gasteiger partial charge in [-0.15, -0.1) is 0 Å². The number of hydrogen-bond acceptors (Lipinski definition) is 4. The van der Waals surface area contributed by atoms with E-state index in [9.17, 15) is 4.79 Å². The summed E-state index contributed by atoms with van der Waals surface area (Å²) < 4.78 is 0. The molecule has 92 valence electrons. The Balaban J connectivity index is 2.06. The maximum atomic E-state index is 10.8. The topological polar surface area (TPSA) is 75.1 Å². The molecule has 5 heteroatoms. The normalized spacial score (nSPS) is 10.1. The second-order valence-corrected chi connectivity index (χ2v) is 3.91. The van der Waals surface area contributed by atoms with E-state index in [1.165, 1.54) is 17.8 Å². The van der Waals surface area contributed by atoms with Gasteiger partial charge in [-0.2, -0.15) is 0 Å². The molecule has 0 bridgehead atoms. The van der Waals surface area contributed by atoms with E-state index in [1.807, 2.05) is 31.2 Å². The number of aromatic carboxylic acids is 1.